The van der Waals surface area contributed by atoms with Gasteiger partial charge < -0.3 is 14.9 Å². The molecule has 1 aliphatic rings. The van der Waals surface area contributed by atoms with Crippen molar-refractivity contribution in [2.45, 2.75) is 28.8 Å². The van der Waals surface area contributed by atoms with Crippen molar-refractivity contribution in [3.05, 3.63) is 68.5 Å². The van der Waals surface area contributed by atoms with E-state index in [1.165, 1.54) is 10.8 Å². The monoisotopic (exact) mass is 444 g/mol. The van der Waals surface area contributed by atoms with Gasteiger partial charge in [0.15, 0.2) is 6.23 Å². The van der Waals surface area contributed by atoms with Crippen molar-refractivity contribution >= 4 is 22.6 Å². The summed E-state index contributed by atoms with van der Waals surface area (Å²) in [6, 6.07) is 9.44. The van der Waals surface area contributed by atoms with Crippen LogP contribution >= 0.6 is 22.6 Å². The Labute approximate surface area is 151 Å². The lowest BCUT2D eigenvalue weighted by Gasteiger charge is -2.17. The van der Waals surface area contributed by atoms with Crippen LogP contribution in [-0.4, -0.2) is 42.5 Å². The molecule has 3 rings (SSSR count). The van der Waals surface area contributed by atoms with E-state index in [0.717, 1.165) is 5.56 Å². The van der Waals surface area contributed by atoms with Gasteiger partial charge in [-0.2, -0.15) is 0 Å². The van der Waals surface area contributed by atoms with E-state index < -0.39 is 33.6 Å². The molecule has 2 aromatic rings. The zero-order valence-corrected chi connectivity index (χ0v) is 14.8. The molecule has 1 saturated heterocycles. The maximum absolute atomic E-state index is 12.2. The molecule has 0 saturated carbocycles. The van der Waals surface area contributed by atoms with Crippen LogP contribution in [0.1, 0.15) is 17.4 Å². The molecule has 0 spiro atoms. The Morgan fingerprint density at radius 2 is 1.96 bits per heavy atom. The summed E-state index contributed by atoms with van der Waals surface area (Å²) in [7, 11) is 0. The van der Waals surface area contributed by atoms with Crippen LogP contribution in [0.3, 0.4) is 0 Å². The minimum absolute atomic E-state index is 0.341. The highest BCUT2D eigenvalue weighted by molar-refractivity contribution is 14.1. The van der Waals surface area contributed by atoms with Crippen LogP contribution in [-0.2, 0) is 11.2 Å². The number of hydrogen-bond acceptors (Lipinski definition) is 5. The smallest absolute Gasteiger partial charge is 0.330 e. The molecule has 0 amide bonds. The van der Waals surface area contributed by atoms with Crippen LogP contribution in [0.5, 0.6) is 0 Å². The molecule has 4 atom stereocenters. The Kier molecular flexibility index (Phi) is 5.18. The molecular formula is C16H17IN2O5. The minimum atomic E-state index is -0.892. The predicted molar refractivity (Wildman–Crippen MR) is 95.4 cm³/mol. The zero-order chi connectivity index (χ0) is 17.3. The summed E-state index contributed by atoms with van der Waals surface area (Å²) < 4.78 is 6.43. The molecule has 1 aliphatic heterocycles. The summed E-state index contributed by atoms with van der Waals surface area (Å²) in [4.78, 5) is 26.5. The molecule has 2 unspecified atom stereocenters. The minimum Gasteiger partial charge on any atom is -0.394 e. The van der Waals surface area contributed by atoms with Gasteiger partial charge in [0.25, 0.3) is 5.56 Å². The Bertz CT molecular complexity index is 819. The molecule has 2 heterocycles. The number of halogens is 1. The summed E-state index contributed by atoms with van der Waals surface area (Å²) >= 11 is 1.98. The molecule has 0 bridgehead atoms. The number of rotatable bonds is 4. The Morgan fingerprint density at radius 3 is 2.58 bits per heavy atom. The first-order valence-electron chi connectivity index (χ1n) is 7.48. The van der Waals surface area contributed by atoms with E-state index in [9.17, 15) is 19.8 Å². The SMILES string of the molecule is O=c1[nH]c(=O)n([C@H]2O[C@@H](CO)C(O)C2I)cc1Cc1ccccc1. The van der Waals surface area contributed by atoms with Gasteiger partial charge in [-0.1, -0.05) is 52.9 Å². The number of aliphatic hydroxyl groups excluding tert-OH is 2. The molecule has 1 fully saturated rings. The highest BCUT2D eigenvalue weighted by Gasteiger charge is 2.43. The van der Waals surface area contributed by atoms with Crippen LogP contribution < -0.4 is 11.2 Å². The number of hydrogen-bond donors (Lipinski definition) is 3. The van der Waals surface area contributed by atoms with E-state index in [1.54, 1.807) is 0 Å². The average Bonchev–Trinajstić information content (AvgIpc) is 2.86. The summed E-state index contributed by atoms with van der Waals surface area (Å²) in [5, 5.41) is 19.3. The number of aromatic amines is 1. The highest BCUT2D eigenvalue weighted by Crippen LogP contribution is 2.33. The second kappa shape index (κ2) is 7.18. The molecule has 1 aromatic carbocycles. The Balaban J connectivity index is 1.96. The van der Waals surface area contributed by atoms with Crippen molar-refractivity contribution in [3.63, 3.8) is 0 Å². The summed E-state index contributed by atoms with van der Waals surface area (Å²) in [6.07, 6.45) is -0.556. The van der Waals surface area contributed by atoms with Gasteiger partial charge in [0.1, 0.15) is 6.10 Å². The maximum atomic E-state index is 12.2. The highest BCUT2D eigenvalue weighted by atomic mass is 127. The third-order valence-electron chi connectivity index (χ3n) is 4.03. The fourth-order valence-electron chi connectivity index (χ4n) is 2.74. The summed E-state index contributed by atoms with van der Waals surface area (Å²) in [6.45, 7) is -0.341. The first kappa shape index (κ1) is 17.3. The van der Waals surface area contributed by atoms with Gasteiger partial charge in [-0.3, -0.25) is 14.3 Å². The van der Waals surface area contributed by atoms with Crippen molar-refractivity contribution < 1.29 is 14.9 Å². The Morgan fingerprint density at radius 1 is 1.25 bits per heavy atom. The van der Waals surface area contributed by atoms with E-state index >= 15 is 0 Å². The molecular weight excluding hydrogens is 427 g/mol. The van der Waals surface area contributed by atoms with Gasteiger partial charge in [0.2, 0.25) is 0 Å². The average molecular weight is 444 g/mol. The fourth-order valence-corrected chi connectivity index (χ4v) is 3.72. The van der Waals surface area contributed by atoms with Crippen LogP contribution in [0.25, 0.3) is 0 Å². The fraction of sp³-hybridized carbons (Fsp3) is 0.375. The van der Waals surface area contributed by atoms with Gasteiger partial charge >= 0.3 is 5.69 Å². The molecule has 1 aromatic heterocycles. The number of H-pyrrole nitrogens is 1. The zero-order valence-electron chi connectivity index (χ0n) is 12.6. The van der Waals surface area contributed by atoms with E-state index in [0.29, 0.717) is 12.0 Å². The lowest BCUT2D eigenvalue weighted by Crippen LogP contribution is -2.37. The van der Waals surface area contributed by atoms with Gasteiger partial charge in [0.05, 0.1) is 16.6 Å². The molecule has 24 heavy (non-hydrogen) atoms. The van der Waals surface area contributed by atoms with E-state index in [4.69, 9.17) is 4.74 Å². The van der Waals surface area contributed by atoms with Crippen LogP contribution in [0, 0.1) is 0 Å². The first-order chi connectivity index (χ1) is 11.5. The molecule has 0 aliphatic carbocycles. The van der Waals surface area contributed by atoms with E-state index in [1.807, 2.05) is 52.9 Å². The summed E-state index contributed by atoms with van der Waals surface area (Å²) in [5.41, 5.74) is 0.325. The van der Waals surface area contributed by atoms with Crippen LogP contribution in [0.2, 0.25) is 0 Å². The molecule has 0 radical (unpaired) electrons. The number of aliphatic hydroxyl groups is 2. The number of aromatic nitrogens is 2. The van der Waals surface area contributed by atoms with E-state index in [2.05, 4.69) is 4.98 Å². The third-order valence-corrected chi connectivity index (χ3v) is 5.38. The third kappa shape index (κ3) is 3.32. The largest absolute Gasteiger partial charge is 0.394 e. The Hall–Kier alpha value is -1.49. The number of benzene rings is 1. The quantitative estimate of drug-likeness (QED) is 0.461. The topological polar surface area (TPSA) is 105 Å². The van der Waals surface area contributed by atoms with Gasteiger partial charge in [-0.15, -0.1) is 0 Å². The lowest BCUT2D eigenvalue weighted by molar-refractivity contribution is -0.0456. The standard InChI is InChI=1S/C16H17IN2O5/c17-12-13(21)11(8-20)24-15(12)19-7-10(14(22)18-16(19)23)6-9-4-2-1-3-5-9/h1-5,7,11-13,15,20-21H,6,8H2,(H,18,22,23)/t11-,12?,13?,15-/m0/s1. The van der Waals surface area contributed by atoms with Crippen LogP contribution in [0.4, 0.5) is 0 Å². The van der Waals surface area contributed by atoms with Crippen LogP contribution in [0.15, 0.2) is 46.1 Å². The number of nitrogens with one attached hydrogen (secondary N) is 1. The second-order valence-electron chi connectivity index (χ2n) is 5.67. The number of ether oxygens (including phenoxy) is 1. The lowest BCUT2D eigenvalue weighted by atomic mass is 10.1. The second-order valence-corrected chi connectivity index (χ2v) is 7.10. The molecule has 8 heteroatoms. The summed E-state index contributed by atoms with van der Waals surface area (Å²) in [5.74, 6) is 0. The first-order valence-corrected chi connectivity index (χ1v) is 8.72. The van der Waals surface area contributed by atoms with Gasteiger partial charge in [-0.25, -0.2) is 4.79 Å². The van der Waals surface area contributed by atoms with Crippen molar-refractivity contribution in [1.29, 1.82) is 0 Å². The van der Waals surface area contributed by atoms with Crippen molar-refractivity contribution in [2.75, 3.05) is 6.61 Å². The maximum Gasteiger partial charge on any atom is 0.330 e. The normalized spacial score (nSPS) is 26.6. The van der Waals surface area contributed by atoms with Crippen molar-refractivity contribution in [1.82, 2.24) is 9.55 Å². The number of alkyl halides is 1. The number of nitrogens with zero attached hydrogens (tertiary/aromatic N) is 1. The van der Waals surface area contributed by atoms with Gasteiger partial charge in [-0.05, 0) is 5.56 Å². The molecule has 3 N–H and O–H groups in total. The van der Waals surface area contributed by atoms with E-state index in [-0.39, 0.29) is 6.61 Å². The predicted octanol–water partition coefficient (Wildman–Crippen LogP) is 0.182. The molecule has 128 valence electrons. The van der Waals surface area contributed by atoms with Crippen molar-refractivity contribution in [3.8, 4) is 0 Å². The van der Waals surface area contributed by atoms with Gasteiger partial charge in [0, 0.05) is 18.2 Å². The van der Waals surface area contributed by atoms with Crippen molar-refractivity contribution in [2.24, 2.45) is 0 Å². The molecule has 7 nitrogen and oxygen atoms in total.